The summed E-state index contributed by atoms with van der Waals surface area (Å²) in [7, 11) is 0. The van der Waals surface area contributed by atoms with Gasteiger partial charge in [0.05, 0.1) is 19.4 Å². The van der Waals surface area contributed by atoms with Crippen LogP contribution in [-0.4, -0.2) is 57.5 Å². The number of aromatic nitrogens is 2. The largest absolute Gasteiger partial charge is 0.468 e. The van der Waals surface area contributed by atoms with Crippen LogP contribution in [0.1, 0.15) is 38.3 Å². The summed E-state index contributed by atoms with van der Waals surface area (Å²) in [5.41, 5.74) is -0.477. The van der Waals surface area contributed by atoms with Crippen molar-refractivity contribution >= 4 is 5.91 Å². The molecule has 2 aliphatic heterocycles. The molecule has 1 fully saturated rings. The molecule has 146 valence electrons. The SMILES string of the molecule is CCN(CC)C(=O)[C@@H]1Cn2ccnc2C2(CCN(Cc3ccco3)CC2)O1. The summed E-state index contributed by atoms with van der Waals surface area (Å²) in [6.45, 7) is 8.55. The Morgan fingerprint density at radius 1 is 1.33 bits per heavy atom. The number of hydrogen-bond donors (Lipinski definition) is 0. The van der Waals surface area contributed by atoms with Crippen LogP contribution in [0.5, 0.6) is 0 Å². The standard InChI is InChI=1S/C20H28N4O3/c1-3-23(4-2)18(25)17-15-24-12-9-21-19(24)20(27-17)7-10-22(11-8-20)14-16-6-5-13-26-16/h5-6,9,12-13,17H,3-4,7-8,10-11,14-15H2,1-2H3/t17-/m0/s1. The van der Waals surface area contributed by atoms with Crippen molar-refractivity contribution in [2.75, 3.05) is 26.2 Å². The molecule has 2 aliphatic rings. The van der Waals surface area contributed by atoms with Crippen molar-refractivity contribution in [1.29, 1.82) is 0 Å². The molecule has 0 unspecified atom stereocenters. The Morgan fingerprint density at radius 2 is 2.11 bits per heavy atom. The van der Waals surface area contributed by atoms with Gasteiger partial charge >= 0.3 is 0 Å². The lowest BCUT2D eigenvalue weighted by Crippen LogP contribution is -2.54. The fourth-order valence-corrected chi connectivity index (χ4v) is 4.30. The molecule has 2 aromatic heterocycles. The third-order valence-corrected chi connectivity index (χ3v) is 5.83. The molecule has 0 radical (unpaired) electrons. The summed E-state index contributed by atoms with van der Waals surface area (Å²) in [5.74, 6) is 2.02. The molecule has 1 saturated heterocycles. The van der Waals surface area contributed by atoms with Crippen LogP contribution in [0.4, 0.5) is 0 Å². The van der Waals surface area contributed by atoms with Gasteiger partial charge in [-0.2, -0.15) is 0 Å². The molecule has 4 rings (SSSR count). The summed E-state index contributed by atoms with van der Waals surface area (Å²) in [6.07, 6.45) is 6.71. The summed E-state index contributed by atoms with van der Waals surface area (Å²) < 4.78 is 14.1. The van der Waals surface area contributed by atoms with Gasteiger partial charge in [0, 0.05) is 38.6 Å². The number of fused-ring (bicyclic) bond motifs is 2. The topological polar surface area (TPSA) is 63.7 Å². The van der Waals surface area contributed by atoms with E-state index in [9.17, 15) is 4.79 Å². The van der Waals surface area contributed by atoms with Crippen molar-refractivity contribution in [3.8, 4) is 0 Å². The van der Waals surface area contributed by atoms with Crippen LogP contribution in [0.3, 0.4) is 0 Å². The molecule has 0 aliphatic carbocycles. The Labute approximate surface area is 159 Å². The van der Waals surface area contributed by atoms with Crippen LogP contribution >= 0.6 is 0 Å². The maximum Gasteiger partial charge on any atom is 0.253 e. The Morgan fingerprint density at radius 3 is 2.78 bits per heavy atom. The number of likely N-dealkylation sites (tertiary alicyclic amines) is 1. The van der Waals surface area contributed by atoms with Gasteiger partial charge in [-0.15, -0.1) is 0 Å². The van der Waals surface area contributed by atoms with Crippen LogP contribution in [-0.2, 0) is 28.2 Å². The Hall–Kier alpha value is -2.12. The number of nitrogens with zero attached hydrogens (tertiary/aromatic N) is 4. The highest BCUT2D eigenvalue weighted by Gasteiger charge is 2.47. The molecule has 0 N–H and O–H groups in total. The molecule has 7 heteroatoms. The predicted octanol–water partition coefficient (Wildman–Crippen LogP) is 2.23. The fourth-order valence-electron chi connectivity index (χ4n) is 4.30. The lowest BCUT2D eigenvalue weighted by atomic mass is 9.88. The second kappa shape index (κ2) is 7.48. The van der Waals surface area contributed by atoms with Crippen molar-refractivity contribution in [2.45, 2.75) is 51.5 Å². The molecule has 0 aromatic carbocycles. The number of carbonyl (C=O) groups is 1. The van der Waals surface area contributed by atoms with Crippen LogP contribution in [0.25, 0.3) is 0 Å². The molecule has 1 spiro atoms. The number of ether oxygens (including phenoxy) is 1. The summed E-state index contributed by atoms with van der Waals surface area (Å²) in [4.78, 5) is 21.8. The number of carbonyl (C=O) groups excluding carboxylic acids is 1. The minimum Gasteiger partial charge on any atom is -0.468 e. The highest BCUT2D eigenvalue weighted by molar-refractivity contribution is 5.81. The van der Waals surface area contributed by atoms with Gasteiger partial charge in [0.15, 0.2) is 6.10 Å². The first kappa shape index (κ1) is 18.3. The van der Waals surface area contributed by atoms with E-state index < -0.39 is 11.7 Å². The fraction of sp³-hybridized carbons (Fsp3) is 0.600. The van der Waals surface area contributed by atoms with Crippen molar-refractivity contribution in [3.05, 3.63) is 42.4 Å². The number of rotatable bonds is 5. The van der Waals surface area contributed by atoms with E-state index in [1.807, 2.05) is 43.3 Å². The number of likely N-dealkylation sites (N-methyl/N-ethyl adjacent to an activating group) is 1. The maximum absolute atomic E-state index is 12.9. The first-order valence-electron chi connectivity index (χ1n) is 9.88. The van der Waals surface area contributed by atoms with Gasteiger partial charge in [-0.1, -0.05) is 0 Å². The van der Waals surface area contributed by atoms with Crippen LogP contribution in [0.15, 0.2) is 35.2 Å². The minimum absolute atomic E-state index is 0.0803. The number of hydrogen-bond acceptors (Lipinski definition) is 5. The molecule has 7 nitrogen and oxygen atoms in total. The normalized spacial score (nSPS) is 21.9. The van der Waals surface area contributed by atoms with Crippen molar-refractivity contribution in [2.24, 2.45) is 0 Å². The first-order chi connectivity index (χ1) is 13.1. The van der Waals surface area contributed by atoms with E-state index in [1.165, 1.54) is 0 Å². The number of furan rings is 1. The Balaban J connectivity index is 1.51. The monoisotopic (exact) mass is 372 g/mol. The molecule has 0 bridgehead atoms. The minimum atomic E-state index is -0.477. The van der Waals surface area contributed by atoms with Crippen LogP contribution in [0.2, 0.25) is 0 Å². The zero-order valence-corrected chi connectivity index (χ0v) is 16.1. The van der Waals surface area contributed by atoms with Crippen molar-refractivity contribution < 1.29 is 13.9 Å². The van der Waals surface area contributed by atoms with Crippen molar-refractivity contribution in [3.63, 3.8) is 0 Å². The average molecular weight is 372 g/mol. The van der Waals surface area contributed by atoms with Crippen molar-refractivity contribution in [1.82, 2.24) is 19.4 Å². The highest BCUT2D eigenvalue weighted by atomic mass is 16.5. The van der Waals surface area contributed by atoms with E-state index in [0.717, 1.165) is 44.1 Å². The van der Waals surface area contributed by atoms with E-state index in [1.54, 1.807) is 6.26 Å². The zero-order chi connectivity index (χ0) is 18.9. The van der Waals surface area contributed by atoms with Gasteiger partial charge < -0.3 is 18.6 Å². The first-order valence-corrected chi connectivity index (χ1v) is 9.88. The second-order valence-corrected chi connectivity index (χ2v) is 7.37. The number of piperidine rings is 1. The van der Waals surface area contributed by atoms with E-state index in [2.05, 4.69) is 14.5 Å². The third kappa shape index (κ3) is 3.41. The van der Waals surface area contributed by atoms with Crippen LogP contribution in [0, 0.1) is 0 Å². The summed E-state index contributed by atoms with van der Waals surface area (Å²) >= 11 is 0. The number of imidazole rings is 1. The van der Waals surface area contributed by atoms with Gasteiger partial charge in [0.25, 0.3) is 5.91 Å². The Kier molecular flexibility index (Phi) is 5.06. The third-order valence-electron chi connectivity index (χ3n) is 5.83. The average Bonchev–Trinajstić information content (AvgIpc) is 3.36. The highest BCUT2D eigenvalue weighted by Crippen LogP contribution is 2.40. The van der Waals surface area contributed by atoms with E-state index in [-0.39, 0.29) is 5.91 Å². The summed E-state index contributed by atoms with van der Waals surface area (Å²) in [5, 5.41) is 0. The van der Waals surface area contributed by atoms with E-state index >= 15 is 0 Å². The molecule has 1 atom stereocenters. The predicted molar refractivity (Wildman–Crippen MR) is 99.9 cm³/mol. The van der Waals surface area contributed by atoms with Gasteiger partial charge in [-0.25, -0.2) is 4.98 Å². The lowest BCUT2D eigenvalue weighted by molar-refractivity contribution is -0.181. The second-order valence-electron chi connectivity index (χ2n) is 7.37. The molecule has 4 heterocycles. The van der Waals surface area contributed by atoms with Crippen LogP contribution < -0.4 is 0 Å². The van der Waals surface area contributed by atoms with Gasteiger partial charge in [-0.3, -0.25) is 9.69 Å². The maximum atomic E-state index is 12.9. The van der Waals surface area contributed by atoms with Gasteiger partial charge in [-0.05, 0) is 38.8 Å². The lowest BCUT2D eigenvalue weighted by Gasteiger charge is -2.46. The van der Waals surface area contributed by atoms with Gasteiger partial charge in [0.2, 0.25) is 0 Å². The number of amides is 1. The zero-order valence-electron chi connectivity index (χ0n) is 16.1. The molecule has 1 amide bonds. The quantitative estimate of drug-likeness (QED) is 0.805. The van der Waals surface area contributed by atoms with Gasteiger partial charge in [0.1, 0.15) is 17.2 Å². The Bertz CT molecular complexity index is 758. The molecular formula is C20H28N4O3. The molecular weight excluding hydrogens is 344 g/mol. The molecule has 2 aromatic rings. The molecule has 0 saturated carbocycles. The molecule has 27 heavy (non-hydrogen) atoms. The summed E-state index contributed by atoms with van der Waals surface area (Å²) in [6, 6.07) is 3.93. The van der Waals surface area contributed by atoms with E-state index in [4.69, 9.17) is 9.15 Å². The van der Waals surface area contributed by atoms with E-state index in [0.29, 0.717) is 19.6 Å². The smallest absolute Gasteiger partial charge is 0.253 e.